The molecule has 22 heavy (non-hydrogen) atoms. The Bertz CT molecular complexity index is 599. The summed E-state index contributed by atoms with van der Waals surface area (Å²) in [6.07, 6.45) is 1.41. The van der Waals surface area contributed by atoms with Crippen LogP contribution in [0.4, 0.5) is 0 Å². The van der Waals surface area contributed by atoms with Crippen LogP contribution in [0.15, 0.2) is 30.6 Å². The largest absolute Gasteiger partial charge is 0.496 e. The summed E-state index contributed by atoms with van der Waals surface area (Å²) < 4.78 is 6.78. The lowest BCUT2D eigenvalue weighted by Crippen LogP contribution is -2.36. The topological polar surface area (TPSA) is 85.2 Å². The molecule has 1 aromatic carbocycles. The predicted molar refractivity (Wildman–Crippen MR) is 80.2 cm³/mol. The number of benzene rings is 1. The Hall–Kier alpha value is -2.48. The number of para-hydroxylation sites is 1. The van der Waals surface area contributed by atoms with Gasteiger partial charge in [-0.1, -0.05) is 18.2 Å². The molecule has 1 amide bonds. The Labute approximate surface area is 129 Å². The molecule has 0 aliphatic carbocycles. The van der Waals surface area contributed by atoms with Crippen LogP contribution in [0.3, 0.4) is 0 Å². The van der Waals surface area contributed by atoms with Crippen LogP contribution in [0.5, 0.6) is 5.75 Å². The first-order valence-corrected chi connectivity index (χ1v) is 6.88. The van der Waals surface area contributed by atoms with E-state index in [0.29, 0.717) is 6.54 Å². The van der Waals surface area contributed by atoms with E-state index in [1.807, 2.05) is 43.3 Å². The molecule has 1 N–H and O–H groups in total. The van der Waals surface area contributed by atoms with Crippen molar-refractivity contribution < 1.29 is 9.53 Å². The number of hydrogen-bond donors (Lipinski definition) is 1. The van der Waals surface area contributed by atoms with Crippen molar-refractivity contribution in [2.45, 2.75) is 12.6 Å². The smallest absolute Gasteiger partial charge is 0.241 e. The highest BCUT2D eigenvalue weighted by Gasteiger charge is 2.19. The second-order valence-corrected chi connectivity index (χ2v) is 5.03. The van der Waals surface area contributed by atoms with Gasteiger partial charge in [0.25, 0.3) is 0 Å². The van der Waals surface area contributed by atoms with Gasteiger partial charge in [-0.15, -0.1) is 5.10 Å². The number of carbonyl (C=O) groups is 1. The number of likely N-dealkylation sites (N-methyl/N-ethyl adjacent to an activating group) is 1. The number of tetrazole rings is 1. The van der Waals surface area contributed by atoms with Gasteiger partial charge >= 0.3 is 0 Å². The van der Waals surface area contributed by atoms with Crippen LogP contribution in [0.25, 0.3) is 0 Å². The van der Waals surface area contributed by atoms with E-state index in [-0.39, 0.29) is 18.5 Å². The van der Waals surface area contributed by atoms with Crippen LogP contribution in [-0.2, 0) is 11.3 Å². The van der Waals surface area contributed by atoms with Crippen LogP contribution in [-0.4, -0.2) is 58.8 Å². The first-order chi connectivity index (χ1) is 10.6. The van der Waals surface area contributed by atoms with E-state index < -0.39 is 0 Å². The summed E-state index contributed by atoms with van der Waals surface area (Å²) >= 11 is 0. The Morgan fingerprint density at radius 1 is 1.41 bits per heavy atom. The fourth-order valence-electron chi connectivity index (χ4n) is 2.18. The molecule has 0 saturated carbocycles. The number of nitrogens with zero attached hydrogens (tertiary/aromatic N) is 5. The van der Waals surface area contributed by atoms with Gasteiger partial charge in [-0.25, -0.2) is 4.68 Å². The average molecular weight is 304 g/mol. The highest BCUT2D eigenvalue weighted by Crippen LogP contribution is 2.27. The van der Waals surface area contributed by atoms with Crippen molar-refractivity contribution in [3.8, 4) is 5.75 Å². The molecule has 1 aromatic heterocycles. The summed E-state index contributed by atoms with van der Waals surface area (Å²) in [5.41, 5.74) is 1.03. The maximum absolute atomic E-state index is 11.9. The normalized spacial score (nSPS) is 12.2. The zero-order valence-electron chi connectivity index (χ0n) is 12.9. The van der Waals surface area contributed by atoms with Crippen LogP contribution in [0.2, 0.25) is 0 Å². The van der Waals surface area contributed by atoms with E-state index >= 15 is 0 Å². The molecule has 0 radical (unpaired) electrons. The van der Waals surface area contributed by atoms with Gasteiger partial charge in [0.05, 0.1) is 13.2 Å². The zero-order chi connectivity index (χ0) is 15.9. The third-order valence-electron chi connectivity index (χ3n) is 3.31. The summed E-state index contributed by atoms with van der Waals surface area (Å²) in [5, 5.41) is 13.6. The van der Waals surface area contributed by atoms with Gasteiger partial charge in [0, 0.05) is 12.1 Å². The summed E-state index contributed by atoms with van der Waals surface area (Å²) in [6, 6.07) is 7.79. The third kappa shape index (κ3) is 4.01. The lowest BCUT2D eigenvalue weighted by Gasteiger charge is -2.26. The minimum atomic E-state index is -0.144. The van der Waals surface area contributed by atoms with E-state index in [9.17, 15) is 4.79 Å². The molecule has 0 saturated heterocycles. The number of amides is 1. The van der Waals surface area contributed by atoms with Gasteiger partial charge in [0.1, 0.15) is 18.6 Å². The van der Waals surface area contributed by atoms with Gasteiger partial charge < -0.3 is 15.0 Å². The number of ether oxygens (including phenoxy) is 1. The highest BCUT2D eigenvalue weighted by atomic mass is 16.5. The molecule has 1 unspecified atom stereocenters. The standard InChI is InChI=1S/C14H20N6O2/c1-19(2)12(11-6-4-5-7-13(11)22-3)8-15-14(21)9-20-10-16-17-18-20/h4-7,10,12H,8-9H2,1-3H3,(H,15,21). The van der Waals surface area contributed by atoms with Gasteiger partial charge in [-0.2, -0.15) is 0 Å². The monoisotopic (exact) mass is 304 g/mol. The number of aromatic nitrogens is 4. The summed E-state index contributed by atoms with van der Waals surface area (Å²) in [6.45, 7) is 0.563. The van der Waals surface area contributed by atoms with E-state index in [1.54, 1.807) is 7.11 Å². The molecular formula is C14H20N6O2. The quantitative estimate of drug-likeness (QED) is 0.781. The van der Waals surface area contributed by atoms with Crippen molar-refractivity contribution in [2.75, 3.05) is 27.7 Å². The number of rotatable bonds is 7. The highest BCUT2D eigenvalue weighted by molar-refractivity contribution is 5.75. The lowest BCUT2D eigenvalue weighted by atomic mass is 10.0. The molecule has 8 nitrogen and oxygen atoms in total. The molecular weight excluding hydrogens is 284 g/mol. The van der Waals surface area contributed by atoms with Crippen molar-refractivity contribution in [3.63, 3.8) is 0 Å². The SMILES string of the molecule is COc1ccccc1C(CNC(=O)Cn1cnnn1)N(C)C. The number of hydrogen-bond acceptors (Lipinski definition) is 6. The van der Waals surface area contributed by atoms with Crippen LogP contribution in [0.1, 0.15) is 11.6 Å². The van der Waals surface area contributed by atoms with Gasteiger partial charge in [0.15, 0.2) is 0 Å². The van der Waals surface area contributed by atoms with Crippen molar-refractivity contribution >= 4 is 5.91 Å². The second-order valence-electron chi connectivity index (χ2n) is 5.03. The van der Waals surface area contributed by atoms with Crippen molar-refractivity contribution in [1.29, 1.82) is 0 Å². The minimum Gasteiger partial charge on any atom is -0.496 e. The average Bonchev–Trinajstić information content (AvgIpc) is 3.00. The Balaban J connectivity index is 2.01. The molecule has 118 valence electrons. The van der Waals surface area contributed by atoms with Crippen LogP contribution < -0.4 is 10.1 Å². The van der Waals surface area contributed by atoms with Crippen LogP contribution >= 0.6 is 0 Å². The molecule has 2 aromatic rings. The maximum Gasteiger partial charge on any atom is 0.241 e. The number of nitrogens with one attached hydrogen (secondary N) is 1. The molecule has 0 bridgehead atoms. The molecule has 1 atom stereocenters. The first kappa shape index (κ1) is 15.9. The molecule has 2 rings (SSSR count). The lowest BCUT2D eigenvalue weighted by molar-refractivity contribution is -0.122. The molecule has 0 aliphatic heterocycles. The molecule has 0 aliphatic rings. The summed E-state index contributed by atoms with van der Waals surface area (Å²) in [7, 11) is 5.57. The van der Waals surface area contributed by atoms with Crippen molar-refractivity contribution in [1.82, 2.24) is 30.4 Å². The van der Waals surface area contributed by atoms with Crippen molar-refractivity contribution in [3.05, 3.63) is 36.2 Å². The number of methoxy groups -OCH3 is 1. The van der Waals surface area contributed by atoms with Crippen LogP contribution in [0, 0.1) is 0 Å². The first-order valence-electron chi connectivity index (χ1n) is 6.88. The summed E-state index contributed by atoms with van der Waals surface area (Å²) in [5.74, 6) is 0.657. The van der Waals surface area contributed by atoms with E-state index in [4.69, 9.17) is 4.74 Å². The van der Waals surface area contributed by atoms with Gasteiger partial charge in [-0.05, 0) is 30.6 Å². The fourth-order valence-corrected chi connectivity index (χ4v) is 2.18. The fraction of sp³-hybridized carbons (Fsp3) is 0.429. The zero-order valence-corrected chi connectivity index (χ0v) is 12.9. The molecule has 8 heteroatoms. The summed E-state index contributed by atoms with van der Waals surface area (Å²) in [4.78, 5) is 14.0. The van der Waals surface area contributed by atoms with Gasteiger partial charge in [-0.3, -0.25) is 4.79 Å². The Morgan fingerprint density at radius 2 is 2.18 bits per heavy atom. The minimum absolute atomic E-state index is 0.00831. The van der Waals surface area contributed by atoms with E-state index in [1.165, 1.54) is 11.0 Å². The maximum atomic E-state index is 11.9. The molecule has 1 heterocycles. The third-order valence-corrected chi connectivity index (χ3v) is 3.31. The van der Waals surface area contributed by atoms with Crippen molar-refractivity contribution in [2.24, 2.45) is 0 Å². The second kappa shape index (κ2) is 7.51. The van der Waals surface area contributed by atoms with E-state index in [0.717, 1.165) is 11.3 Å². The Morgan fingerprint density at radius 3 is 2.82 bits per heavy atom. The molecule has 0 fully saturated rings. The predicted octanol–water partition coefficient (Wildman–Crippen LogP) is 0.101. The van der Waals surface area contributed by atoms with E-state index in [2.05, 4.69) is 20.8 Å². The Kier molecular flexibility index (Phi) is 5.42. The van der Waals surface area contributed by atoms with Gasteiger partial charge in [0.2, 0.25) is 5.91 Å². The number of carbonyl (C=O) groups excluding carboxylic acids is 1. The molecule has 0 spiro atoms.